The Morgan fingerprint density at radius 2 is 0.746 bits per heavy atom. The molecule has 12 aliphatic carbocycles. The SMILES string of the molecule is CC1Cc2ccccc2C1C.CCC(C)(C)C(=O)OC1CCCc2ccccc21.CCC(C)c1ccc(O)cc1.CCC(C)c1ccc(O)cc1.CCC(C)c1ccc(OC(OC(C)C)C23CC4CC(CC(C4)C2)C3)cc1.CCC(C)c1ccc(OC(OC2CCCCC2)C(C)C(C)C)cc1.CCC(C)c1ccc(OC(OC2CCCCC2)C23CC4CC(CC(C4)C2)C3)cc1. The summed E-state index contributed by atoms with van der Waals surface area (Å²) >= 11 is 0. The van der Waals surface area contributed by atoms with Crippen molar-refractivity contribution in [3.05, 3.63) is 220 Å². The molecule has 716 valence electrons. The maximum atomic E-state index is 12.2. The highest BCUT2D eigenvalue weighted by atomic mass is 16.7. The van der Waals surface area contributed by atoms with Crippen LogP contribution in [0.3, 0.4) is 0 Å². The Morgan fingerprint density at radius 1 is 0.400 bits per heavy atom. The molecule has 10 heteroatoms. The third-order valence-corrected chi connectivity index (χ3v) is 32.8. The van der Waals surface area contributed by atoms with Gasteiger partial charge in [-0.3, -0.25) is 4.79 Å². The molecule has 12 aliphatic rings. The number of aromatic hydroxyl groups is 2. The fraction of sp³-hybridized carbons (Fsp3) is 0.642. The van der Waals surface area contributed by atoms with Crippen LogP contribution in [0.2, 0.25) is 0 Å². The number of phenols is 2. The van der Waals surface area contributed by atoms with Crippen molar-refractivity contribution in [1.82, 2.24) is 0 Å². The van der Waals surface area contributed by atoms with Crippen molar-refractivity contribution in [2.75, 3.05) is 0 Å². The maximum absolute atomic E-state index is 12.2. The Labute approximate surface area is 790 Å². The van der Waals surface area contributed by atoms with E-state index < -0.39 is 0 Å². The molecule has 0 heterocycles. The average molecular weight is 1780 g/mol. The van der Waals surface area contributed by atoms with Crippen molar-refractivity contribution in [2.45, 2.75) is 423 Å². The summed E-state index contributed by atoms with van der Waals surface area (Å²) in [5.74, 6) is 14.6. The molecule has 10 nitrogen and oxygen atoms in total. The second kappa shape index (κ2) is 49.9. The lowest BCUT2D eigenvalue weighted by Gasteiger charge is -2.58. The molecule has 0 aromatic heterocycles. The lowest BCUT2D eigenvalue weighted by Crippen LogP contribution is -2.55. The van der Waals surface area contributed by atoms with E-state index in [0.29, 0.717) is 65.1 Å². The fourth-order valence-electron chi connectivity index (χ4n) is 23.2. The number of hydrogen-bond donors (Lipinski definition) is 2. The predicted molar refractivity (Wildman–Crippen MR) is 540 cm³/mol. The first-order valence-electron chi connectivity index (χ1n) is 52.6. The van der Waals surface area contributed by atoms with Crippen molar-refractivity contribution in [3.63, 3.8) is 0 Å². The second-order valence-corrected chi connectivity index (χ2v) is 43.9. The molecule has 130 heavy (non-hydrogen) atoms. The summed E-state index contributed by atoms with van der Waals surface area (Å²) in [6.07, 6.45) is 41.1. The lowest BCUT2D eigenvalue weighted by molar-refractivity contribution is -0.236. The highest BCUT2D eigenvalue weighted by molar-refractivity contribution is 5.76. The molecular weight excluding hydrogens is 1600 g/mol. The highest BCUT2D eigenvalue weighted by Crippen LogP contribution is 2.64. The minimum absolute atomic E-state index is 0.0477. The van der Waals surface area contributed by atoms with Crippen LogP contribution in [0.15, 0.2) is 170 Å². The second-order valence-electron chi connectivity index (χ2n) is 43.9. The quantitative estimate of drug-likeness (QED) is 0.0346. The number of benzene rings is 7. The summed E-state index contributed by atoms with van der Waals surface area (Å²) in [6.45, 7) is 43.9. The van der Waals surface area contributed by atoms with Crippen LogP contribution in [0.5, 0.6) is 28.7 Å². The molecular formula is C120H176O10. The van der Waals surface area contributed by atoms with E-state index in [-0.39, 0.29) is 53.3 Å². The minimum Gasteiger partial charge on any atom is -0.508 e. The summed E-state index contributed by atoms with van der Waals surface area (Å²) in [5.41, 5.74) is 12.6. The van der Waals surface area contributed by atoms with Gasteiger partial charge in [0.25, 0.3) is 0 Å². The van der Waals surface area contributed by atoms with Crippen LogP contribution in [0.1, 0.15) is 423 Å². The molecule has 2 N–H and O–H groups in total. The zero-order chi connectivity index (χ0) is 93.2. The first-order chi connectivity index (χ1) is 62.4. The van der Waals surface area contributed by atoms with Gasteiger partial charge in [0.05, 0.1) is 23.7 Å². The Hall–Kier alpha value is -7.11. The Bertz CT molecular complexity index is 4270. The summed E-state index contributed by atoms with van der Waals surface area (Å²) in [5, 5.41) is 18.0. The molecule has 0 spiro atoms. The highest BCUT2D eigenvalue weighted by Gasteiger charge is 2.58. The number of rotatable bonds is 29. The summed E-state index contributed by atoms with van der Waals surface area (Å²) in [4.78, 5) is 12.2. The van der Waals surface area contributed by atoms with Gasteiger partial charge < -0.3 is 43.4 Å². The molecule has 7 aromatic carbocycles. The van der Waals surface area contributed by atoms with Crippen molar-refractivity contribution in [1.29, 1.82) is 0 Å². The van der Waals surface area contributed by atoms with Gasteiger partial charge in [0.2, 0.25) is 18.9 Å². The van der Waals surface area contributed by atoms with Gasteiger partial charge >= 0.3 is 5.97 Å². The molecule has 8 bridgehead atoms. The van der Waals surface area contributed by atoms with E-state index in [1.807, 2.05) is 51.1 Å². The van der Waals surface area contributed by atoms with E-state index in [4.69, 9.17) is 43.4 Å². The summed E-state index contributed by atoms with van der Waals surface area (Å²) in [7, 11) is 0. The van der Waals surface area contributed by atoms with E-state index in [1.54, 1.807) is 35.4 Å². The van der Waals surface area contributed by atoms with Crippen LogP contribution in [-0.2, 0) is 36.6 Å². The van der Waals surface area contributed by atoms with Crippen molar-refractivity contribution in [3.8, 4) is 28.7 Å². The number of aryl methyl sites for hydroxylation is 1. The Morgan fingerprint density at radius 3 is 1.12 bits per heavy atom. The van der Waals surface area contributed by atoms with Crippen LogP contribution < -0.4 is 14.2 Å². The first-order valence-corrected chi connectivity index (χ1v) is 52.6. The van der Waals surface area contributed by atoms with Gasteiger partial charge in [-0.2, -0.15) is 0 Å². The van der Waals surface area contributed by atoms with E-state index in [0.717, 1.165) is 110 Å². The van der Waals surface area contributed by atoms with Crippen molar-refractivity contribution < 1.29 is 48.2 Å². The number of phenolic OH excluding ortho intramolecular Hbond substituents is 2. The molecule has 12 atom stereocenters. The van der Waals surface area contributed by atoms with E-state index in [9.17, 15) is 4.79 Å². The molecule has 7 aromatic rings. The van der Waals surface area contributed by atoms with Crippen molar-refractivity contribution in [2.24, 2.45) is 69.5 Å². The predicted octanol–water partition coefficient (Wildman–Crippen LogP) is 33.4. The molecule has 0 aliphatic heterocycles. The number of ether oxygens (including phenoxy) is 7. The fourth-order valence-corrected chi connectivity index (χ4v) is 23.2. The van der Waals surface area contributed by atoms with Gasteiger partial charge in [-0.05, 0) is 388 Å². The average Bonchev–Trinajstić information content (AvgIpc) is 0.755. The Balaban J connectivity index is 0.000000151. The summed E-state index contributed by atoms with van der Waals surface area (Å²) in [6, 6.07) is 58.3. The number of esters is 1. The third-order valence-electron chi connectivity index (χ3n) is 32.8. The van der Waals surface area contributed by atoms with Crippen LogP contribution in [0.4, 0.5) is 0 Å². The number of carbonyl (C=O) groups excluding carboxylic acids is 1. The summed E-state index contributed by atoms with van der Waals surface area (Å²) < 4.78 is 45.0. The van der Waals surface area contributed by atoms with Crippen LogP contribution >= 0.6 is 0 Å². The van der Waals surface area contributed by atoms with E-state index in [2.05, 4.69) is 233 Å². The third kappa shape index (κ3) is 29.2. The molecule has 19 rings (SSSR count). The van der Waals surface area contributed by atoms with Gasteiger partial charge in [0.15, 0.2) is 0 Å². The minimum atomic E-state index is -0.383. The molecule has 0 saturated heterocycles. The molecule has 10 fully saturated rings. The zero-order valence-electron chi connectivity index (χ0n) is 84.7. The van der Waals surface area contributed by atoms with E-state index in [1.165, 1.54) is 199 Å². The molecule has 0 radical (unpaired) electrons. The zero-order valence-corrected chi connectivity index (χ0v) is 84.7. The number of carbonyl (C=O) groups is 1. The standard InChI is InChI=1S/C27H40O2.C24H36O2.C22H36O2.C16H22O2.C11H14.2C10H14O/c1-3-19(2)23-9-11-25(12-10-23)29-26(28-24-7-5-4-6-8-24)27-16-20-13-21(17-27)15-22(14-20)18-27;1-5-17(4)21-6-8-22(9-7-21)26-23(25-16(2)3)24-13-18-10-19(14-24)12-20(11-18)15-24;1-6-17(4)19-12-14-21(15-13-19)24-22(18(5)16(2)3)23-20-10-8-7-9-11-20;1-4-16(2,3)15(17)18-14-11-7-9-12-8-5-6-10-13(12)14;1-8-7-10-5-3-4-6-11(10)9(8)2;2*1-3-8(2)9-4-6-10(11)7-5-9/h9-12,19-22,24,26H,3-8,13-18H2,1-2H3;6-9,16-20,23H,5,10-15H2,1-4H3;12-18,20,22H,6-11H2,1-5H3;5-6,8,10,14H,4,7,9,11H2,1-3H3;3-6,8-9H,7H2,1-2H3;2*4-8,11H,3H2,1-2H3. The van der Waals surface area contributed by atoms with Crippen LogP contribution in [0.25, 0.3) is 0 Å². The molecule has 12 unspecified atom stereocenters. The van der Waals surface area contributed by atoms with E-state index >= 15 is 0 Å². The number of fused-ring (bicyclic) bond motifs is 2. The molecule has 10 saturated carbocycles. The first kappa shape index (κ1) is 103. The number of hydrogen-bond acceptors (Lipinski definition) is 10. The van der Waals surface area contributed by atoms with Gasteiger partial charge in [-0.1, -0.05) is 258 Å². The topological polar surface area (TPSA) is 122 Å². The van der Waals surface area contributed by atoms with Crippen molar-refractivity contribution >= 4 is 5.97 Å². The van der Waals surface area contributed by atoms with Gasteiger partial charge in [-0.25, -0.2) is 0 Å². The largest absolute Gasteiger partial charge is 0.508 e. The maximum Gasteiger partial charge on any atom is 0.312 e. The lowest BCUT2D eigenvalue weighted by atomic mass is 9.49. The normalized spacial score (nSPS) is 26.0. The van der Waals surface area contributed by atoms with Gasteiger partial charge in [0.1, 0.15) is 34.9 Å². The monoisotopic (exact) mass is 1780 g/mol. The molecule has 0 amide bonds. The van der Waals surface area contributed by atoms with Gasteiger partial charge in [-0.15, -0.1) is 0 Å². The Kier molecular flexibility index (Phi) is 39.7. The van der Waals surface area contributed by atoms with Crippen LogP contribution in [-0.4, -0.2) is 53.4 Å². The smallest absolute Gasteiger partial charge is 0.312 e. The van der Waals surface area contributed by atoms with Crippen LogP contribution in [0, 0.1) is 69.5 Å². The van der Waals surface area contributed by atoms with Gasteiger partial charge in [0, 0.05) is 16.7 Å².